The van der Waals surface area contributed by atoms with E-state index < -0.39 is 0 Å². The number of benzene rings is 3. The highest BCUT2D eigenvalue weighted by Gasteiger charge is 2.22. The van der Waals surface area contributed by atoms with Crippen molar-refractivity contribution in [2.75, 3.05) is 11.5 Å². The van der Waals surface area contributed by atoms with Crippen LogP contribution in [-0.4, -0.2) is 16.6 Å². The van der Waals surface area contributed by atoms with Crippen molar-refractivity contribution in [3.05, 3.63) is 72.8 Å². The lowest BCUT2D eigenvalue weighted by molar-refractivity contribution is 0.479. The second kappa shape index (κ2) is 7.59. The van der Waals surface area contributed by atoms with Crippen molar-refractivity contribution in [2.24, 2.45) is 0 Å². The Morgan fingerprint density at radius 1 is 0.708 bits per heavy atom. The molecule has 3 aromatic carbocycles. The Labute approximate surface area is 147 Å². The summed E-state index contributed by atoms with van der Waals surface area (Å²) in [6.45, 7) is 4.48. The third-order valence-corrected chi connectivity index (χ3v) is 6.58. The van der Waals surface area contributed by atoms with Gasteiger partial charge in [0.25, 0.3) is 0 Å². The average molecular weight is 335 g/mol. The minimum Gasteiger partial charge on any atom is -0.507 e. The Kier molecular flexibility index (Phi) is 5.27. The second-order valence-electron chi connectivity index (χ2n) is 5.67. The van der Waals surface area contributed by atoms with Gasteiger partial charge >= 0.3 is 0 Å². The van der Waals surface area contributed by atoms with E-state index in [1.165, 1.54) is 4.90 Å². The fourth-order valence-electron chi connectivity index (χ4n) is 2.99. The molecular formula is C22H23OS+. The van der Waals surface area contributed by atoms with Crippen LogP contribution in [0.2, 0.25) is 0 Å². The Balaban J connectivity index is 2.23. The van der Waals surface area contributed by atoms with Crippen molar-refractivity contribution < 1.29 is 5.11 Å². The summed E-state index contributed by atoms with van der Waals surface area (Å²) in [6.07, 6.45) is 0. The molecule has 0 aliphatic carbocycles. The largest absolute Gasteiger partial charge is 0.507 e. The zero-order chi connectivity index (χ0) is 16.9. The molecule has 0 saturated carbocycles. The number of aromatic hydroxyl groups is 1. The Bertz CT molecular complexity index is 732. The second-order valence-corrected chi connectivity index (χ2v) is 8.28. The highest BCUT2D eigenvalue weighted by molar-refractivity contribution is 7.96. The van der Waals surface area contributed by atoms with Crippen LogP contribution in [0.3, 0.4) is 0 Å². The number of rotatable bonds is 5. The van der Waals surface area contributed by atoms with E-state index in [2.05, 4.69) is 50.2 Å². The van der Waals surface area contributed by atoms with Crippen molar-refractivity contribution in [1.82, 2.24) is 0 Å². The summed E-state index contributed by atoms with van der Waals surface area (Å²) in [5, 5.41) is 11.0. The van der Waals surface area contributed by atoms with Crippen LogP contribution in [0.1, 0.15) is 13.8 Å². The maximum absolute atomic E-state index is 11.0. The van der Waals surface area contributed by atoms with E-state index in [0.29, 0.717) is 5.75 Å². The molecule has 0 fully saturated rings. The van der Waals surface area contributed by atoms with Crippen molar-refractivity contribution in [2.45, 2.75) is 18.7 Å². The first-order chi connectivity index (χ1) is 11.7. The van der Waals surface area contributed by atoms with Crippen LogP contribution in [0, 0.1) is 0 Å². The van der Waals surface area contributed by atoms with Crippen LogP contribution in [0.25, 0.3) is 22.3 Å². The minimum atomic E-state index is 0.211. The SMILES string of the molecule is CC[S+](CC)c1cc(-c2ccccc2)c(O)c(-c2ccccc2)c1. The molecule has 0 unspecified atom stereocenters. The number of phenolic OH excluding ortho intramolecular Hbond substituents is 1. The molecule has 1 N–H and O–H groups in total. The summed E-state index contributed by atoms with van der Waals surface area (Å²) in [5.41, 5.74) is 3.97. The third kappa shape index (κ3) is 3.34. The average Bonchev–Trinajstić information content (AvgIpc) is 2.65. The van der Waals surface area contributed by atoms with Crippen molar-refractivity contribution in [3.63, 3.8) is 0 Å². The van der Waals surface area contributed by atoms with Crippen LogP contribution < -0.4 is 0 Å². The van der Waals surface area contributed by atoms with E-state index in [1.54, 1.807) is 0 Å². The topological polar surface area (TPSA) is 20.2 Å². The smallest absolute Gasteiger partial charge is 0.156 e. The summed E-state index contributed by atoms with van der Waals surface area (Å²) in [6, 6.07) is 24.7. The summed E-state index contributed by atoms with van der Waals surface area (Å²) in [7, 11) is 0.211. The quantitative estimate of drug-likeness (QED) is 0.589. The van der Waals surface area contributed by atoms with Crippen LogP contribution in [0.4, 0.5) is 0 Å². The van der Waals surface area contributed by atoms with Gasteiger partial charge in [-0.2, -0.15) is 0 Å². The normalized spacial score (nSPS) is 11.0. The van der Waals surface area contributed by atoms with Gasteiger partial charge in [0.05, 0.1) is 0 Å². The lowest BCUT2D eigenvalue weighted by atomic mass is 9.97. The molecule has 24 heavy (non-hydrogen) atoms. The zero-order valence-electron chi connectivity index (χ0n) is 14.2. The lowest BCUT2D eigenvalue weighted by Gasteiger charge is -2.13. The predicted octanol–water partition coefficient (Wildman–Crippen LogP) is 5.74. The molecule has 0 spiro atoms. The standard InChI is InChI=1S/C22H22OS/c1-3-24(4-2)19-15-20(17-11-7-5-8-12-17)22(23)21(16-19)18-13-9-6-10-14-18/h5-16H,3-4H2,1-2H3/p+1. The Morgan fingerprint density at radius 2 is 1.12 bits per heavy atom. The minimum absolute atomic E-state index is 0.211. The van der Waals surface area contributed by atoms with Gasteiger partial charge in [0.1, 0.15) is 17.3 Å². The molecule has 0 aliphatic rings. The molecular weight excluding hydrogens is 312 g/mol. The number of hydrogen-bond acceptors (Lipinski definition) is 1. The molecule has 0 aromatic heterocycles. The monoisotopic (exact) mass is 335 g/mol. The predicted molar refractivity (Wildman–Crippen MR) is 106 cm³/mol. The molecule has 0 bridgehead atoms. The summed E-state index contributed by atoms with van der Waals surface area (Å²) >= 11 is 0. The van der Waals surface area contributed by atoms with Gasteiger partial charge in [-0.05, 0) is 25.0 Å². The molecule has 0 aliphatic heterocycles. The maximum Gasteiger partial charge on any atom is 0.156 e. The first-order valence-corrected chi connectivity index (χ1v) is 9.96. The van der Waals surface area contributed by atoms with E-state index >= 15 is 0 Å². The van der Waals surface area contributed by atoms with Crippen LogP contribution in [0.15, 0.2) is 77.7 Å². The molecule has 122 valence electrons. The summed E-state index contributed by atoms with van der Waals surface area (Å²) in [5.74, 6) is 2.62. The van der Waals surface area contributed by atoms with E-state index in [0.717, 1.165) is 33.8 Å². The fourth-order valence-corrected chi connectivity index (χ4v) is 4.63. The van der Waals surface area contributed by atoms with Crippen molar-refractivity contribution in [3.8, 4) is 28.0 Å². The molecule has 0 saturated heterocycles. The van der Waals surface area contributed by atoms with Gasteiger partial charge in [0, 0.05) is 34.2 Å². The molecule has 3 rings (SSSR count). The van der Waals surface area contributed by atoms with E-state index in [1.807, 2.05) is 36.4 Å². The first-order valence-electron chi connectivity index (χ1n) is 8.40. The van der Waals surface area contributed by atoms with Gasteiger partial charge in [-0.25, -0.2) is 0 Å². The summed E-state index contributed by atoms with van der Waals surface area (Å²) in [4.78, 5) is 1.33. The molecule has 0 heterocycles. The van der Waals surface area contributed by atoms with E-state index in [4.69, 9.17) is 0 Å². The number of hydrogen-bond donors (Lipinski definition) is 1. The van der Waals surface area contributed by atoms with Crippen LogP contribution >= 0.6 is 0 Å². The van der Waals surface area contributed by atoms with E-state index in [-0.39, 0.29) is 10.9 Å². The zero-order valence-corrected chi connectivity index (χ0v) is 15.0. The molecule has 0 amide bonds. The summed E-state index contributed by atoms with van der Waals surface area (Å²) < 4.78 is 0. The molecule has 1 nitrogen and oxygen atoms in total. The molecule has 0 atom stereocenters. The fraction of sp³-hybridized carbons (Fsp3) is 0.182. The van der Waals surface area contributed by atoms with Gasteiger partial charge in [-0.15, -0.1) is 0 Å². The first kappa shape index (κ1) is 16.7. The van der Waals surface area contributed by atoms with Gasteiger partial charge in [-0.3, -0.25) is 0 Å². The molecule has 0 radical (unpaired) electrons. The highest BCUT2D eigenvalue weighted by Crippen LogP contribution is 2.40. The van der Waals surface area contributed by atoms with Crippen LogP contribution in [0.5, 0.6) is 5.75 Å². The van der Waals surface area contributed by atoms with Crippen molar-refractivity contribution >= 4 is 10.9 Å². The Morgan fingerprint density at radius 3 is 1.50 bits per heavy atom. The number of phenols is 1. The lowest BCUT2D eigenvalue weighted by Crippen LogP contribution is -2.08. The molecule has 2 heteroatoms. The van der Waals surface area contributed by atoms with Gasteiger partial charge in [-0.1, -0.05) is 60.7 Å². The van der Waals surface area contributed by atoms with Crippen molar-refractivity contribution in [1.29, 1.82) is 0 Å². The third-order valence-electron chi connectivity index (χ3n) is 4.28. The maximum atomic E-state index is 11.0. The van der Waals surface area contributed by atoms with Crippen LogP contribution in [-0.2, 0) is 10.9 Å². The van der Waals surface area contributed by atoms with Gasteiger partial charge in [0.15, 0.2) is 4.90 Å². The molecule has 3 aromatic rings. The highest BCUT2D eigenvalue weighted by atomic mass is 32.2. The van der Waals surface area contributed by atoms with E-state index in [9.17, 15) is 5.11 Å². The van der Waals surface area contributed by atoms with Gasteiger partial charge in [0.2, 0.25) is 0 Å². The van der Waals surface area contributed by atoms with Gasteiger partial charge < -0.3 is 5.11 Å². The Hall–Kier alpha value is -2.19.